The summed E-state index contributed by atoms with van der Waals surface area (Å²) in [6, 6.07) is 5.90. The van der Waals surface area contributed by atoms with Crippen molar-refractivity contribution in [2.24, 2.45) is 0 Å². The van der Waals surface area contributed by atoms with Crippen molar-refractivity contribution in [3.63, 3.8) is 0 Å². The van der Waals surface area contributed by atoms with Crippen molar-refractivity contribution >= 4 is 5.91 Å². The number of hydrogen-bond donors (Lipinski definition) is 2. The summed E-state index contributed by atoms with van der Waals surface area (Å²) in [5.41, 5.74) is 0.738. The van der Waals surface area contributed by atoms with E-state index in [0.717, 1.165) is 0 Å². The van der Waals surface area contributed by atoms with Gasteiger partial charge >= 0.3 is 0 Å². The summed E-state index contributed by atoms with van der Waals surface area (Å²) < 4.78 is 15.2. The molecule has 6 heteroatoms. The second kappa shape index (κ2) is 5.19. The number of amides is 1. The Morgan fingerprint density at radius 3 is 2.84 bits per heavy atom. The number of aliphatic hydroxyl groups excluding tert-OH is 1. The molecule has 0 saturated carbocycles. The van der Waals surface area contributed by atoms with E-state index in [1.165, 1.54) is 36.1 Å². The molecule has 19 heavy (non-hydrogen) atoms. The minimum atomic E-state index is -0.835. The number of nitrogens with one attached hydrogen (secondary N) is 1. The molecule has 0 spiro atoms. The zero-order chi connectivity index (χ0) is 14.0. The number of rotatable bonds is 3. The van der Waals surface area contributed by atoms with E-state index < -0.39 is 11.9 Å². The van der Waals surface area contributed by atoms with Crippen molar-refractivity contribution in [2.75, 3.05) is 7.05 Å². The Morgan fingerprint density at radius 1 is 1.47 bits per heavy atom. The Kier molecular flexibility index (Phi) is 3.62. The molecule has 0 bridgehead atoms. The van der Waals surface area contributed by atoms with Crippen molar-refractivity contribution in [3.8, 4) is 5.69 Å². The van der Waals surface area contributed by atoms with Gasteiger partial charge in [0.15, 0.2) is 5.69 Å². The quantitative estimate of drug-likeness (QED) is 0.880. The van der Waals surface area contributed by atoms with Gasteiger partial charge < -0.3 is 10.4 Å². The van der Waals surface area contributed by atoms with Crippen LogP contribution in [0.1, 0.15) is 29.1 Å². The molecule has 0 aliphatic carbocycles. The Bertz CT molecular complexity index is 608. The van der Waals surface area contributed by atoms with Crippen molar-refractivity contribution in [1.29, 1.82) is 0 Å². The fraction of sp³-hybridized carbons (Fsp3) is 0.231. The number of halogens is 1. The second-order valence-electron chi connectivity index (χ2n) is 4.08. The Balaban J connectivity index is 2.53. The lowest BCUT2D eigenvalue weighted by atomic mass is 10.1. The maximum absolute atomic E-state index is 13.9. The van der Waals surface area contributed by atoms with E-state index in [-0.39, 0.29) is 17.3 Å². The van der Waals surface area contributed by atoms with Crippen LogP contribution in [0, 0.1) is 5.82 Å². The van der Waals surface area contributed by atoms with Crippen LogP contribution in [0.4, 0.5) is 4.39 Å². The van der Waals surface area contributed by atoms with Crippen LogP contribution >= 0.6 is 0 Å². The van der Waals surface area contributed by atoms with Gasteiger partial charge in [0.25, 0.3) is 5.91 Å². The van der Waals surface area contributed by atoms with Crippen molar-refractivity contribution in [3.05, 3.63) is 47.5 Å². The molecular formula is C13H14FN3O2. The van der Waals surface area contributed by atoms with Crippen LogP contribution in [0.3, 0.4) is 0 Å². The molecule has 0 aliphatic heterocycles. The average molecular weight is 263 g/mol. The topological polar surface area (TPSA) is 67.2 Å². The highest BCUT2D eigenvalue weighted by Gasteiger charge is 2.16. The minimum absolute atomic E-state index is 0.146. The van der Waals surface area contributed by atoms with Crippen LogP contribution in [0.15, 0.2) is 30.5 Å². The molecule has 100 valence electrons. The van der Waals surface area contributed by atoms with Crippen LogP contribution < -0.4 is 5.32 Å². The molecule has 2 N–H and O–H groups in total. The number of aromatic nitrogens is 2. The molecule has 0 fully saturated rings. The standard InChI is InChI=1S/C13H14FN3O2/c1-8(18)9-4-3-5-10(14)12(9)17-7-6-11(16-17)13(19)15-2/h3-8,18H,1-2H3,(H,15,19)/t8-/m1/s1. The highest BCUT2D eigenvalue weighted by Crippen LogP contribution is 2.24. The number of hydrogen-bond acceptors (Lipinski definition) is 3. The van der Waals surface area contributed by atoms with Crippen molar-refractivity contribution in [2.45, 2.75) is 13.0 Å². The van der Waals surface area contributed by atoms with Crippen LogP contribution in [0.5, 0.6) is 0 Å². The number of carbonyl (C=O) groups excluding carboxylic acids is 1. The highest BCUT2D eigenvalue weighted by atomic mass is 19.1. The van der Waals surface area contributed by atoms with E-state index in [1.54, 1.807) is 13.0 Å². The SMILES string of the molecule is CNC(=O)c1ccn(-c2c(F)cccc2[C@@H](C)O)n1. The summed E-state index contributed by atoms with van der Waals surface area (Å²) in [6.07, 6.45) is 0.646. The van der Waals surface area contributed by atoms with Crippen LogP contribution in [0.2, 0.25) is 0 Å². The maximum Gasteiger partial charge on any atom is 0.271 e. The molecule has 1 aromatic carbocycles. The smallest absolute Gasteiger partial charge is 0.271 e. The van der Waals surface area contributed by atoms with E-state index in [9.17, 15) is 14.3 Å². The van der Waals surface area contributed by atoms with Gasteiger partial charge in [0.2, 0.25) is 0 Å². The Hall–Kier alpha value is -2.21. The van der Waals surface area contributed by atoms with Gasteiger partial charge in [-0.1, -0.05) is 12.1 Å². The second-order valence-corrected chi connectivity index (χ2v) is 4.08. The molecule has 0 aliphatic rings. The first-order chi connectivity index (χ1) is 9.04. The summed E-state index contributed by atoms with van der Waals surface area (Å²) in [4.78, 5) is 11.4. The van der Waals surface area contributed by atoms with Crippen LogP contribution in [-0.2, 0) is 0 Å². The average Bonchev–Trinajstić information content (AvgIpc) is 2.86. The zero-order valence-corrected chi connectivity index (χ0v) is 10.6. The first-order valence-electron chi connectivity index (χ1n) is 5.79. The lowest BCUT2D eigenvalue weighted by molar-refractivity contribution is 0.0957. The summed E-state index contributed by atoms with van der Waals surface area (Å²) in [5.74, 6) is -0.862. The third kappa shape index (κ3) is 2.48. The predicted molar refractivity (Wildman–Crippen MR) is 67.5 cm³/mol. The summed E-state index contributed by atoms with van der Waals surface area (Å²) >= 11 is 0. The van der Waals surface area contributed by atoms with Gasteiger partial charge in [-0.15, -0.1) is 0 Å². The van der Waals surface area contributed by atoms with Crippen LogP contribution in [0.25, 0.3) is 5.69 Å². The molecule has 0 unspecified atom stereocenters. The van der Waals surface area contributed by atoms with Crippen molar-refractivity contribution in [1.82, 2.24) is 15.1 Å². The van der Waals surface area contributed by atoms with E-state index in [4.69, 9.17) is 0 Å². The van der Waals surface area contributed by atoms with Gasteiger partial charge in [-0.25, -0.2) is 9.07 Å². The normalized spacial score (nSPS) is 12.2. The van der Waals surface area contributed by atoms with E-state index >= 15 is 0 Å². The molecule has 1 amide bonds. The number of nitrogens with zero attached hydrogens (tertiary/aromatic N) is 2. The number of aliphatic hydroxyl groups is 1. The van der Waals surface area contributed by atoms with E-state index in [1.807, 2.05) is 0 Å². The summed E-state index contributed by atoms with van der Waals surface area (Å²) in [7, 11) is 1.49. The number of benzene rings is 1. The predicted octanol–water partition coefficient (Wildman–Crippen LogP) is 1.42. The lowest BCUT2D eigenvalue weighted by Gasteiger charge is -2.12. The van der Waals surface area contributed by atoms with E-state index in [0.29, 0.717) is 5.56 Å². The van der Waals surface area contributed by atoms with Crippen molar-refractivity contribution < 1.29 is 14.3 Å². The number of carbonyl (C=O) groups is 1. The van der Waals surface area contributed by atoms with Gasteiger partial charge in [0, 0.05) is 18.8 Å². The molecule has 1 aromatic heterocycles. The fourth-order valence-corrected chi connectivity index (χ4v) is 1.81. The molecular weight excluding hydrogens is 249 g/mol. The molecule has 1 atom stereocenters. The van der Waals surface area contributed by atoms with Crippen LogP contribution in [-0.4, -0.2) is 27.8 Å². The van der Waals surface area contributed by atoms with Gasteiger partial charge in [-0.3, -0.25) is 4.79 Å². The Labute approximate surface area is 109 Å². The zero-order valence-electron chi connectivity index (χ0n) is 10.6. The van der Waals surface area contributed by atoms with Gasteiger partial charge in [0.1, 0.15) is 11.5 Å². The molecule has 1 heterocycles. The maximum atomic E-state index is 13.9. The number of para-hydroxylation sites is 1. The highest BCUT2D eigenvalue weighted by molar-refractivity contribution is 5.91. The summed E-state index contributed by atoms with van der Waals surface area (Å²) in [6.45, 7) is 1.54. The van der Waals surface area contributed by atoms with E-state index in [2.05, 4.69) is 10.4 Å². The minimum Gasteiger partial charge on any atom is -0.389 e. The van der Waals surface area contributed by atoms with Gasteiger partial charge in [0.05, 0.1) is 6.10 Å². The molecule has 0 radical (unpaired) electrons. The lowest BCUT2D eigenvalue weighted by Crippen LogP contribution is -2.18. The summed E-state index contributed by atoms with van der Waals surface area (Å²) in [5, 5.41) is 16.1. The molecule has 0 saturated heterocycles. The molecule has 2 aromatic rings. The fourth-order valence-electron chi connectivity index (χ4n) is 1.81. The largest absolute Gasteiger partial charge is 0.389 e. The molecule has 2 rings (SSSR count). The van der Waals surface area contributed by atoms with Gasteiger partial charge in [-0.05, 0) is 19.1 Å². The third-order valence-corrected chi connectivity index (χ3v) is 2.75. The first-order valence-corrected chi connectivity index (χ1v) is 5.79. The Morgan fingerprint density at radius 2 is 2.21 bits per heavy atom. The third-order valence-electron chi connectivity index (χ3n) is 2.75. The monoisotopic (exact) mass is 263 g/mol. The molecule has 5 nitrogen and oxygen atoms in total. The van der Waals surface area contributed by atoms with Gasteiger partial charge in [-0.2, -0.15) is 5.10 Å². The first kappa shape index (κ1) is 13.2.